The monoisotopic (exact) mass is 405 g/mol. The summed E-state index contributed by atoms with van der Waals surface area (Å²) in [5.41, 5.74) is 9.36. The predicted molar refractivity (Wildman–Crippen MR) is 103 cm³/mol. The fraction of sp³-hybridized carbons (Fsp3) is 0.350. The second-order valence-corrected chi connectivity index (χ2v) is 7.17. The average molecular weight is 406 g/mol. The zero-order valence-electron chi connectivity index (χ0n) is 15.6. The van der Waals surface area contributed by atoms with Gasteiger partial charge in [-0.25, -0.2) is 0 Å². The number of nitrogen functional groups attached to an aromatic ring is 1. The van der Waals surface area contributed by atoms with Crippen LogP contribution in [0.25, 0.3) is 21.8 Å². The number of nitrogens with two attached hydrogens (primary N) is 1. The molecule has 2 heterocycles. The van der Waals surface area contributed by atoms with Crippen molar-refractivity contribution >= 4 is 33.2 Å². The highest BCUT2D eigenvalue weighted by atomic mass is 35.5. The molecule has 3 aromatic rings. The van der Waals surface area contributed by atoms with Gasteiger partial charge in [-0.15, -0.1) is 0 Å². The van der Waals surface area contributed by atoms with Crippen LogP contribution in [0, 0.1) is 0 Å². The third kappa shape index (κ3) is 3.47. The molecule has 5 atom stereocenters. The van der Waals surface area contributed by atoms with E-state index in [1.807, 2.05) is 43.4 Å². The molecule has 0 aliphatic carbocycles. The first kappa shape index (κ1) is 20.6. The van der Waals surface area contributed by atoms with Gasteiger partial charge in [0.05, 0.1) is 6.10 Å². The lowest BCUT2D eigenvalue weighted by Crippen LogP contribution is -3.00. The molecule has 0 spiro atoms. The molecule has 0 amide bonds. The summed E-state index contributed by atoms with van der Waals surface area (Å²) in [7, 11) is 1.97. The fourth-order valence-corrected chi connectivity index (χ4v) is 3.65. The highest BCUT2D eigenvalue weighted by Gasteiger charge is 2.41. The van der Waals surface area contributed by atoms with Crippen LogP contribution >= 0.6 is 0 Å². The van der Waals surface area contributed by atoms with Crippen LogP contribution in [-0.2, 0) is 11.8 Å². The number of aromatic nitrogens is 1. The Morgan fingerprint density at radius 2 is 1.57 bits per heavy atom. The van der Waals surface area contributed by atoms with E-state index in [2.05, 4.69) is 16.0 Å². The highest BCUT2D eigenvalue weighted by molar-refractivity contribution is 5.91. The van der Waals surface area contributed by atoms with Crippen molar-refractivity contribution in [2.24, 2.45) is 7.05 Å². The SMILES string of the molecule is C[C@@H]1O[C@@H](Nc2ccc3cc4ccc(N)cc4[n+](C)c3c2)[C@H](O)[C@H](O)[C@H]1O.[Cl-]. The van der Waals surface area contributed by atoms with Crippen molar-refractivity contribution in [3.05, 3.63) is 42.5 Å². The van der Waals surface area contributed by atoms with Gasteiger partial charge in [0.15, 0.2) is 6.23 Å². The Labute approximate surface area is 168 Å². The van der Waals surface area contributed by atoms with E-state index in [-0.39, 0.29) is 12.4 Å². The summed E-state index contributed by atoms with van der Waals surface area (Å²) in [5.74, 6) is 0. The largest absolute Gasteiger partial charge is 1.00 e. The molecule has 1 aliphatic heterocycles. The number of aryl methyl sites for hydroxylation is 1. The Balaban J connectivity index is 0.00000225. The molecule has 2 aromatic carbocycles. The number of aliphatic hydroxyl groups excluding tert-OH is 3. The van der Waals surface area contributed by atoms with Crippen LogP contribution in [0.5, 0.6) is 0 Å². The van der Waals surface area contributed by atoms with Crippen molar-refractivity contribution in [1.29, 1.82) is 0 Å². The van der Waals surface area contributed by atoms with Crippen LogP contribution < -0.4 is 28.0 Å². The second-order valence-electron chi connectivity index (χ2n) is 7.17. The molecule has 0 saturated carbocycles. The molecule has 6 N–H and O–H groups in total. The molecule has 0 bridgehead atoms. The lowest BCUT2D eigenvalue weighted by molar-refractivity contribution is -0.617. The molecule has 7 nitrogen and oxygen atoms in total. The number of halogens is 1. The van der Waals surface area contributed by atoms with E-state index in [1.54, 1.807) is 6.92 Å². The molecule has 1 aromatic heterocycles. The third-order valence-corrected chi connectivity index (χ3v) is 5.28. The minimum atomic E-state index is -1.27. The molecule has 0 radical (unpaired) electrons. The number of anilines is 2. The zero-order chi connectivity index (χ0) is 19.3. The van der Waals surface area contributed by atoms with Crippen LogP contribution in [0.3, 0.4) is 0 Å². The molecule has 28 heavy (non-hydrogen) atoms. The van der Waals surface area contributed by atoms with Crippen molar-refractivity contribution in [2.45, 2.75) is 37.6 Å². The molecule has 4 rings (SSSR count). The molecule has 0 unspecified atom stereocenters. The highest BCUT2D eigenvalue weighted by Crippen LogP contribution is 2.26. The molecular weight excluding hydrogens is 382 g/mol. The number of pyridine rings is 1. The summed E-state index contributed by atoms with van der Waals surface area (Å²) in [5, 5.41) is 35.3. The minimum absolute atomic E-state index is 0. The molecule has 1 saturated heterocycles. The van der Waals surface area contributed by atoms with Gasteiger partial charge in [0.1, 0.15) is 25.4 Å². The topological polar surface area (TPSA) is 112 Å². The Bertz CT molecular complexity index is 1020. The normalized spacial score (nSPS) is 27.5. The van der Waals surface area contributed by atoms with Gasteiger partial charge < -0.3 is 43.5 Å². The first-order valence-electron chi connectivity index (χ1n) is 8.93. The van der Waals surface area contributed by atoms with Gasteiger partial charge in [-0.05, 0) is 37.3 Å². The number of nitrogens with zero attached hydrogens (tertiary/aromatic N) is 1. The van der Waals surface area contributed by atoms with Gasteiger partial charge >= 0.3 is 0 Å². The van der Waals surface area contributed by atoms with Crippen molar-refractivity contribution in [2.75, 3.05) is 11.1 Å². The maximum absolute atomic E-state index is 10.2. The lowest BCUT2D eigenvalue weighted by Gasteiger charge is -2.39. The summed E-state index contributed by atoms with van der Waals surface area (Å²) < 4.78 is 7.68. The quantitative estimate of drug-likeness (QED) is 0.185. The van der Waals surface area contributed by atoms with Gasteiger partial charge in [-0.3, -0.25) is 0 Å². The number of ether oxygens (including phenoxy) is 1. The maximum Gasteiger partial charge on any atom is 0.214 e. The fourth-order valence-electron chi connectivity index (χ4n) is 3.65. The van der Waals surface area contributed by atoms with Crippen molar-refractivity contribution in [3.63, 3.8) is 0 Å². The molecule has 150 valence electrons. The molecular formula is C20H24ClN3O4. The predicted octanol–water partition coefficient (Wildman–Crippen LogP) is -2.36. The van der Waals surface area contributed by atoms with Gasteiger partial charge in [-0.2, -0.15) is 4.57 Å². The van der Waals surface area contributed by atoms with Crippen LogP contribution in [0.2, 0.25) is 0 Å². The van der Waals surface area contributed by atoms with Gasteiger partial charge in [0, 0.05) is 34.3 Å². The number of fused-ring (bicyclic) bond motifs is 2. The van der Waals surface area contributed by atoms with Crippen molar-refractivity contribution < 1.29 is 37.0 Å². The summed E-state index contributed by atoms with van der Waals surface area (Å²) in [4.78, 5) is 0. The standard InChI is InChI=1S/C20H23N3O4.ClH/c1-10-17(24)18(25)19(26)20(27-10)22-14-6-4-12-7-11-3-5-13(21)8-15(11)23(2)16(12)9-14;/h3-10,17-20,24-26H,1-2H3,(H2,21,22);1H/t10-,17-,18+,19+,20+;/m0./s1. The maximum atomic E-state index is 10.2. The molecule has 1 aliphatic rings. The number of hydrogen-bond acceptors (Lipinski definition) is 6. The van der Waals surface area contributed by atoms with Crippen molar-refractivity contribution in [1.82, 2.24) is 0 Å². The van der Waals surface area contributed by atoms with E-state index < -0.39 is 30.6 Å². The average Bonchev–Trinajstić information content (AvgIpc) is 2.65. The smallest absolute Gasteiger partial charge is 0.214 e. The number of rotatable bonds is 2. The van der Waals surface area contributed by atoms with E-state index in [1.165, 1.54) is 0 Å². The van der Waals surface area contributed by atoms with Crippen molar-refractivity contribution in [3.8, 4) is 0 Å². The van der Waals surface area contributed by atoms with E-state index in [9.17, 15) is 15.3 Å². The van der Waals surface area contributed by atoms with E-state index in [4.69, 9.17) is 10.5 Å². The number of hydrogen-bond donors (Lipinski definition) is 5. The van der Waals surface area contributed by atoms with E-state index >= 15 is 0 Å². The summed E-state index contributed by atoms with van der Waals surface area (Å²) in [6.07, 6.45) is -5.04. The summed E-state index contributed by atoms with van der Waals surface area (Å²) >= 11 is 0. The number of benzene rings is 2. The Morgan fingerprint density at radius 3 is 2.29 bits per heavy atom. The Kier molecular flexibility index (Phi) is 5.65. The van der Waals surface area contributed by atoms with Crippen LogP contribution in [-0.4, -0.2) is 46.0 Å². The van der Waals surface area contributed by atoms with Gasteiger partial charge in [0.2, 0.25) is 11.0 Å². The Morgan fingerprint density at radius 1 is 0.929 bits per heavy atom. The third-order valence-electron chi connectivity index (χ3n) is 5.28. The zero-order valence-corrected chi connectivity index (χ0v) is 16.3. The van der Waals surface area contributed by atoms with Gasteiger partial charge in [-0.1, -0.05) is 0 Å². The first-order chi connectivity index (χ1) is 12.8. The van der Waals surface area contributed by atoms with E-state index in [0.717, 1.165) is 27.5 Å². The minimum Gasteiger partial charge on any atom is -1.00 e. The second kappa shape index (κ2) is 7.69. The summed E-state index contributed by atoms with van der Waals surface area (Å²) in [6.45, 7) is 1.66. The van der Waals surface area contributed by atoms with E-state index in [0.29, 0.717) is 5.69 Å². The van der Waals surface area contributed by atoms with Crippen LogP contribution in [0.15, 0.2) is 42.5 Å². The van der Waals surface area contributed by atoms with Crippen LogP contribution in [0.1, 0.15) is 6.92 Å². The number of aliphatic hydroxyl groups is 3. The molecule has 1 fully saturated rings. The summed E-state index contributed by atoms with van der Waals surface area (Å²) in [6, 6.07) is 13.7. The molecule has 8 heteroatoms. The van der Waals surface area contributed by atoms with Crippen LogP contribution in [0.4, 0.5) is 11.4 Å². The lowest BCUT2D eigenvalue weighted by atomic mass is 9.99. The Hall–Kier alpha value is -2.16. The number of nitrogens with one attached hydrogen (secondary N) is 1. The first-order valence-corrected chi connectivity index (χ1v) is 8.93. The van der Waals surface area contributed by atoms with Gasteiger partial charge in [0.25, 0.3) is 0 Å².